The van der Waals surface area contributed by atoms with Gasteiger partial charge in [0, 0.05) is 24.7 Å². The molecular weight excluding hydrogens is 360 g/mol. The maximum absolute atomic E-state index is 6.15. The van der Waals surface area contributed by atoms with E-state index >= 15 is 0 Å². The Morgan fingerprint density at radius 2 is 1.67 bits per heavy atom. The highest BCUT2D eigenvalue weighted by Crippen LogP contribution is 2.30. The number of ether oxygens (including phenoxy) is 2. The molecule has 1 heterocycles. The zero-order valence-corrected chi connectivity index (χ0v) is 16.7. The summed E-state index contributed by atoms with van der Waals surface area (Å²) in [6, 6.07) is 16.7. The van der Waals surface area contributed by atoms with Gasteiger partial charge in [0.2, 0.25) is 0 Å². The molecular formula is C22H29ClN2O2. The molecule has 1 saturated heterocycles. The highest BCUT2D eigenvalue weighted by atomic mass is 35.5. The number of hydrogen-bond acceptors (Lipinski definition) is 4. The van der Waals surface area contributed by atoms with Crippen LogP contribution in [-0.2, 0) is 0 Å². The van der Waals surface area contributed by atoms with Crippen LogP contribution in [0.5, 0.6) is 11.5 Å². The van der Waals surface area contributed by atoms with Crippen LogP contribution in [-0.4, -0.2) is 25.8 Å². The van der Waals surface area contributed by atoms with Crippen LogP contribution in [0.15, 0.2) is 48.5 Å². The second-order valence-corrected chi connectivity index (χ2v) is 7.58. The van der Waals surface area contributed by atoms with E-state index in [1.807, 2.05) is 31.2 Å². The maximum atomic E-state index is 6.15. The number of halogens is 1. The smallest absolute Gasteiger partial charge is 0.119 e. The fourth-order valence-electron chi connectivity index (χ4n) is 3.35. The Morgan fingerprint density at radius 3 is 2.30 bits per heavy atom. The Morgan fingerprint density at radius 1 is 1.00 bits per heavy atom. The molecule has 2 atom stereocenters. The molecule has 4 rings (SSSR count). The van der Waals surface area contributed by atoms with Gasteiger partial charge in [0.15, 0.2) is 0 Å². The van der Waals surface area contributed by atoms with Crippen LogP contribution in [0.25, 0.3) is 0 Å². The molecule has 1 saturated carbocycles. The van der Waals surface area contributed by atoms with E-state index in [0.717, 1.165) is 49.1 Å². The van der Waals surface area contributed by atoms with Gasteiger partial charge in [0.25, 0.3) is 0 Å². The van der Waals surface area contributed by atoms with Gasteiger partial charge in [0.1, 0.15) is 17.6 Å². The largest absolute Gasteiger partial charge is 0.493 e. The zero-order valence-electron chi connectivity index (χ0n) is 15.8. The lowest BCUT2D eigenvalue weighted by Gasteiger charge is -2.19. The summed E-state index contributed by atoms with van der Waals surface area (Å²) in [5.41, 5.74) is 8.27. The lowest BCUT2D eigenvalue weighted by atomic mass is 10.1. The standard InChI is InChI=1S/C22H28N2O2.ClH/c1-16(23)18-4-8-21(9-5-18)26-22-12-13-24(14-22)19-6-10-20(11-7-19)25-15-17-2-3-17;/h4-11,16-17,22H,2-3,12-15,23H2,1H3;1H/t16-,22+;/m0./s1. The van der Waals surface area contributed by atoms with E-state index in [1.165, 1.54) is 18.5 Å². The lowest BCUT2D eigenvalue weighted by Crippen LogP contribution is -2.24. The Kier molecular flexibility index (Phi) is 6.51. The molecule has 27 heavy (non-hydrogen) atoms. The summed E-state index contributed by atoms with van der Waals surface area (Å²) in [5, 5.41) is 0. The molecule has 2 N–H and O–H groups in total. The van der Waals surface area contributed by atoms with Crippen LogP contribution in [0.4, 0.5) is 5.69 Å². The molecule has 5 heteroatoms. The molecule has 0 unspecified atom stereocenters. The third kappa shape index (κ3) is 5.30. The molecule has 0 aromatic heterocycles. The van der Waals surface area contributed by atoms with Gasteiger partial charge in [-0.2, -0.15) is 0 Å². The molecule has 0 bridgehead atoms. The van der Waals surface area contributed by atoms with Crippen molar-refractivity contribution in [2.75, 3.05) is 24.6 Å². The monoisotopic (exact) mass is 388 g/mol. The van der Waals surface area contributed by atoms with Crippen LogP contribution >= 0.6 is 12.4 Å². The number of benzene rings is 2. The van der Waals surface area contributed by atoms with Crippen molar-refractivity contribution >= 4 is 18.1 Å². The van der Waals surface area contributed by atoms with Crippen molar-refractivity contribution in [2.24, 2.45) is 11.7 Å². The molecule has 0 spiro atoms. The number of rotatable bonds is 7. The van der Waals surface area contributed by atoms with Crippen LogP contribution in [0.3, 0.4) is 0 Å². The first-order valence-electron chi connectivity index (χ1n) is 9.67. The molecule has 4 nitrogen and oxygen atoms in total. The van der Waals surface area contributed by atoms with Crippen molar-refractivity contribution in [3.05, 3.63) is 54.1 Å². The Balaban J connectivity index is 0.00000210. The first kappa shape index (κ1) is 19.8. The van der Waals surface area contributed by atoms with Crippen LogP contribution < -0.4 is 20.1 Å². The summed E-state index contributed by atoms with van der Waals surface area (Å²) in [6.45, 7) is 4.79. The normalized spacial score (nSPS) is 20.1. The molecule has 1 aliphatic heterocycles. The minimum atomic E-state index is 0. The minimum absolute atomic E-state index is 0. The molecule has 2 aliphatic rings. The predicted molar refractivity (Wildman–Crippen MR) is 112 cm³/mol. The topological polar surface area (TPSA) is 47.7 Å². The van der Waals surface area contributed by atoms with E-state index < -0.39 is 0 Å². The van der Waals surface area contributed by atoms with E-state index in [1.54, 1.807) is 0 Å². The molecule has 2 aromatic rings. The van der Waals surface area contributed by atoms with E-state index in [9.17, 15) is 0 Å². The van der Waals surface area contributed by atoms with Crippen molar-refractivity contribution in [3.8, 4) is 11.5 Å². The van der Waals surface area contributed by atoms with Crippen molar-refractivity contribution in [2.45, 2.75) is 38.3 Å². The summed E-state index contributed by atoms with van der Waals surface area (Å²) in [5.74, 6) is 2.68. The Labute approximate surface area is 168 Å². The number of hydrogen-bond donors (Lipinski definition) is 1. The first-order valence-corrected chi connectivity index (χ1v) is 9.67. The quantitative estimate of drug-likeness (QED) is 0.754. The molecule has 2 fully saturated rings. The average Bonchev–Trinajstić information content (AvgIpc) is 3.38. The first-order chi connectivity index (χ1) is 12.7. The van der Waals surface area contributed by atoms with Crippen LogP contribution in [0, 0.1) is 5.92 Å². The zero-order chi connectivity index (χ0) is 17.9. The fraction of sp³-hybridized carbons (Fsp3) is 0.455. The molecule has 146 valence electrons. The summed E-state index contributed by atoms with van der Waals surface area (Å²) < 4.78 is 12.0. The van der Waals surface area contributed by atoms with Gasteiger partial charge in [-0.15, -0.1) is 12.4 Å². The van der Waals surface area contributed by atoms with E-state index in [4.69, 9.17) is 15.2 Å². The van der Waals surface area contributed by atoms with Gasteiger partial charge >= 0.3 is 0 Å². The third-order valence-electron chi connectivity index (χ3n) is 5.24. The van der Waals surface area contributed by atoms with Gasteiger partial charge in [0.05, 0.1) is 13.2 Å². The molecule has 0 radical (unpaired) electrons. The van der Waals surface area contributed by atoms with Crippen molar-refractivity contribution in [3.63, 3.8) is 0 Å². The van der Waals surface area contributed by atoms with Crippen molar-refractivity contribution in [1.29, 1.82) is 0 Å². The van der Waals surface area contributed by atoms with Gasteiger partial charge in [-0.3, -0.25) is 0 Å². The molecule has 0 amide bonds. The highest BCUT2D eigenvalue weighted by molar-refractivity contribution is 5.85. The average molecular weight is 389 g/mol. The third-order valence-corrected chi connectivity index (χ3v) is 5.24. The van der Waals surface area contributed by atoms with Crippen LogP contribution in [0.1, 0.15) is 37.8 Å². The predicted octanol–water partition coefficient (Wildman–Crippen LogP) is 4.57. The molecule has 2 aromatic carbocycles. The second kappa shape index (κ2) is 8.85. The Hall–Kier alpha value is -1.91. The summed E-state index contributed by atoms with van der Waals surface area (Å²) >= 11 is 0. The SMILES string of the molecule is C[C@H](N)c1ccc(O[C@@H]2CCN(c3ccc(OCC4CC4)cc3)C2)cc1.Cl. The highest BCUT2D eigenvalue weighted by Gasteiger charge is 2.25. The van der Waals surface area contributed by atoms with Crippen molar-refractivity contribution in [1.82, 2.24) is 0 Å². The summed E-state index contributed by atoms with van der Waals surface area (Å²) in [4.78, 5) is 2.38. The van der Waals surface area contributed by atoms with Crippen LogP contribution in [0.2, 0.25) is 0 Å². The fourth-order valence-corrected chi connectivity index (χ4v) is 3.35. The lowest BCUT2D eigenvalue weighted by molar-refractivity contribution is 0.225. The summed E-state index contributed by atoms with van der Waals surface area (Å²) in [7, 11) is 0. The number of nitrogens with two attached hydrogens (primary N) is 1. The maximum Gasteiger partial charge on any atom is 0.119 e. The second-order valence-electron chi connectivity index (χ2n) is 7.58. The van der Waals surface area contributed by atoms with Crippen molar-refractivity contribution < 1.29 is 9.47 Å². The van der Waals surface area contributed by atoms with Gasteiger partial charge in [-0.25, -0.2) is 0 Å². The van der Waals surface area contributed by atoms with Gasteiger partial charge in [-0.05, 0) is 67.6 Å². The number of nitrogens with zero attached hydrogens (tertiary/aromatic N) is 1. The van der Waals surface area contributed by atoms with Gasteiger partial charge < -0.3 is 20.1 Å². The number of anilines is 1. The van der Waals surface area contributed by atoms with E-state index in [2.05, 4.69) is 29.2 Å². The Bertz CT molecular complexity index is 714. The van der Waals surface area contributed by atoms with E-state index in [-0.39, 0.29) is 24.6 Å². The van der Waals surface area contributed by atoms with E-state index in [0.29, 0.717) is 0 Å². The summed E-state index contributed by atoms with van der Waals surface area (Å²) in [6.07, 6.45) is 3.90. The molecule has 1 aliphatic carbocycles. The van der Waals surface area contributed by atoms with Gasteiger partial charge in [-0.1, -0.05) is 12.1 Å². The minimum Gasteiger partial charge on any atom is -0.493 e.